The lowest BCUT2D eigenvalue weighted by molar-refractivity contribution is -0.128. The van der Waals surface area contributed by atoms with E-state index in [1.807, 2.05) is 38.2 Å². The number of anilines is 1. The Kier molecular flexibility index (Phi) is 3.87. The number of carbonyl (C=O) groups is 1. The van der Waals surface area contributed by atoms with E-state index in [4.69, 9.17) is 0 Å². The third-order valence-electron chi connectivity index (χ3n) is 3.54. The number of carbonyl (C=O) groups excluding carboxylic acids is 1. The van der Waals surface area contributed by atoms with Crippen LogP contribution >= 0.6 is 0 Å². The summed E-state index contributed by atoms with van der Waals surface area (Å²) >= 11 is 0. The van der Waals surface area contributed by atoms with Crippen LogP contribution in [0.4, 0.5) is 5.69 Å². The Labute approximate surface area is 108 Å². The highest BCUT2D eigenvalue weighted by Gasteiger charge is 2.24. The molecule has 1 amide bonds. The van der Waals surface area contributed by atoms with Gasteiger partial charge >= 0.3 is 0 Å². The lowest BCUT2D eigenvalue weighted by Gasteiger charge is -2.34. The molecule has 0 radical (unpaired) electrons. The SMILES string of the molecule is CCN(C)C(=O)CN1CCC(O)c2ccccc21. The van der Waals surface area contributed by atoms with Gasteiger partial charge in [-0.3, -0.25) is 4.79 Å². The van der Waals surface area contributed by atoms with Gasteiger partial charge in [0.15, 0.2) is 0 Å². The summed E-state index contributed by atoms with van der Waals surface area (Å²) in [5.41, 5.74) is 1.91. The molecule has 0 fully saturated rings. The number of fused-ring (bicyclic) bond motifs is 1. The van der Waals surface area contributed by atoms with Crippen LogP contribution in [0.1, 0.15) is 25.0 Å². The molecule has 18 heavy (non-hydrogen) atoms. The third-order valence-corrected chi connectivity index (χ3v) is 3.54. The molecule has 4 heteroatoms. The summed E-state index contributed by atoms with van der Waals surface area (Å²) < 4.78 is 0. The molecule has 0 bridgehead atoms. The van der Waals surface area contributed by atoms with Crippen molar-refractivity contribution >= 4 is 11.6 Å². The van der Waals surface area contributed by atoms with Crippen molar-refractivity contribution in [2.45, 2.75) is 19.4 Å². The predicted octanol–water partition coefficient (Wildman–Crippen LogP) is 1.41. The van der Waals surface area contributed by atoms with E-state index < -0.39 is 6.10 Å². The quantitative estimate of drug-likeness (QED) is 0.879. The van der Waals surface area contributed by atoms with Crippen LogP contribution in [0.3, 0.4) is 0 Å². The fourth-order valence-electron chi connectivity index (χ4n) is 2.24. The van der Waals surface area contributed by atoms with Crippen molar-refractivity contribution < 1.29 is 9.90 Å². The van der Waals surface area contributed by atoms with Gasteiger partial charge in [0.1, 0.15) is 0 Å². The maximum absolute atomic E-state index is 12.0. The number of amides is 1. The summed E-state index contributed by atoms with van der Waals surface area (Å²) in [6.07, 6.45) is 0.275. The Morgan fingerprint density at radius 1 is 1.50 bits per heavy atom. The molecule has 1 aromatic carbocycles. The molecular weight excluding hydrogens is 228 g/mol. The number of nitrogens with zero attached hydrogens (tertiary/aromatic N) is 2. The molecule has 1 N–H and O–H groups in total. The average Bonchev–Trinajstić information content (AvgIpc) is 2.41. The zero-order valence-electron chi connectivity index (χ0n) is 11.0. The summed E-state index contributed by atoms with van der Waals surface area (Å²) in [6, 6.07) is 7.76. The fraction of sp³-hybridized carbons (Fsp3) is 0.500. The van der Waals surface area contributed by atoms with Crippen LogP contribution in [-0.4, -0.2) is 42.6 Å². The predicted molar refractivity (Wildman–Crippen MR) is 71.5 cm³/mol. The molecule has 0 spiro atoms. The van der Waals surface area contributed by atoms with Crippen molar-refractivity contribution in [1.29, 1.82) is 0 Å². The number of para-hydroxylation sites is 1. The molecule has 0 aromatic heterocycles. The van der Waals surface area contributed by atoms with Gasteiger partial charge in [0.2, 0.25) is 5.91 Å². The summed E-state index contributed by atoms with van der Waals surface area (Å²) in [5, 5.41) is 9.95. The van der Waals surface area contributed by atoms with Crippen LogP contribution in [0, 0.1) is 0 Å². The Morgan fingerprint density at radius 2 is 2.22 bits per heavy atom. The zero-order chi connectivity index (χ0) is 13.1. The van der Waals surface area contributed by atoms with Gasteiger partial charge in [0.05, 0.1) is 12.6 Å². The highest BCUT2D eigenvalue weighted by atomic mass is 16.3. The fourth-order valence-corrected chi connectivity index (χ4v) is 2.24. The van der Waals surface area contributed by atoms with Gasteiger partial charge < -0.3 is 14.9 Å². The molecule has 0 saturated heterocycles. The van der Waals surface area contributed by atoms with E-state index in [-0.39, 0.29) is 5.91 Å². The molecule has 1 unspecified atom stereocenters. The lowest BCUT2D eigenvalue weighted by atomic mass is 9.99. The lowest BCUT2D eigenvalue weighted by Crippen LogP contribution is -2.41. The molecule has 1 aromatic rings. The van der Waals surface area contributed by atoms with Gasteiger partial charge in [-0.2, -0.15) is 0 Å². The molecule has 1 atom stereocenters. The van der Waals surface area contributed by atoms with E-state index >= 15 is 0 Å². The normalized spacial score (nSPS) is 18.4. The van der Waals surface area contributed by atoms with E-state index in [1.165, 1.54) is 0 Å². The van der Waals surface area contributed by atoms with E-state index in [9.17, 15) is 9.90 Å². The summed E-state index contributed by atoms with van der Waals surface area (Å²) in [5.74, 6) is 0.115. The van der Waals surface area contributed by atoms with E-state index in [0.717, 1.165) is 24.3 Å². The van der Waals surface area contributed by atoms with Gasteiger partial charge in [0, 0.05) is 31.4 Å². The number of aliphatic hydroxyl groups excluding tert-OH is 1. The van der Waals surface area contributed by atoms with Gasteiger partial charge in [-0.15, -0.1) is 0 Å². The van der Waals surface area contributed by atoms with Crippen molar-refractivity contribution in [3.8, 4) is 0 Å². The Bertz CT molecular complexity index is 434. The highest BCUT2D eigenvalue weighted by Crippen LogP contribution is 2.33. The number of aliphatic hydroxyl groups is 1. The summed E-state index contributed by atoms with van der Waals surface area (Å²) in [6.45, 7) is 3.79. The van der Waals surface area contributed by atoms with Crippen molar-refractivity contribution in [1.82, 2.24) is 4.90 Å². The van der Waals surface area contributed by atoms with Gasteiger partial charge in [0.25, 0.3) is 0 Å². The van der Waals surface area contributed by atoms with Crippen molar-refractivity contribution in [3.05, 3.63) is 29.8 Å². The molecule has 2 rings (SSSR count). The molecule has 1 aliphatic heterocycles. The highest BCUT2D eigenvalue weighted by molar-refractivity contribution is 5.81. The molecule has 4 nitrogen and oxygen atoms in total. The van der Waals surface area contributed by atoms with E-state index in [0.29, 0.717) is 13.0 Å². The molecule has 0 saturated carbocycles. The molecule has 0 aliphatic carbocycles. The third kappa shape index (κ3) is 2.48. The maximum Gasteiger partial charge on any atom is 0.241 e. The zero-order valence-corrected chi connectivity index (χ0v) is 11.0. The minimum atomic E-state index is -0.406. The van der Waals surface area contributed by atoms with E-state index in [1.54, 1.807) is 4.90 Å². The van der Waals surface area contributed by atoms with Gasteiger partial charge in [-0.1, -0.05) is 18.2 Å². The van der Waals surface area contributed by atoms with Crippen LogP contribution in [0.25, 0.3) is 0 Å². The second kappa shape index (κ2) is 5.40. The Hall–Kier alpha value is -1.55. The number of benzene rings is 1. The maximum atomic E-state index is 12.0. The van der Waals surface area contributed by atoms with Gasteiger partial charge in [-0.25, -0.2) is 0 Å². The van der Waals surface area contributed by atoms with Gasteiger partial charge in [-0.05, 0) is 19.4 Å². The minimum absolute atomic E-state index is 0.115. The van der Waals surface area contributed by atoms with Crippen LogP contribution in [0.15, 0.2) is 24.3 Å². The van der Waals surface area contributed by atoms with Crippen LogP contribution in [0.5, 0.6) is 0 Å². The second-order valence-corrected chi connectivity index (χ2v) is 4.69. The molecule has 1 heterocycles. The topological polar surface area (TPSA) is 43.8 Å². The summed E-state index contributed by atoms with van der Waals surface area (Å²) in [7, 11) is 1.81. The first-order valence-corrected chi connectivity index (χ1v) is 6.39. The van der Waals surface area contributed by atoms with E-state index in [2.05, 4.69) is 4.90 Å². The standard InChI is InChI=1S/C14H20N2O2/c1-3-15(2)14(18)10-16-9-8-13(17)11-6-4-5-7-12(11)16/h4-7,13,17H,3,8-10H2,1-2H3. The molecule has 1 aliphatic rings. The minimum Gasteiger partial charge on any atom is -0.388 e. The molecular formula is C14H20N2O2. The van der Waals surface area contributed by atoms with Crippen LogP contribution in [0.2, 0.25) is 0 Å². The molecule has 98 valence electrons. The average molecular weight is 248 g/mol. The van der Waals surface area contributed by atoms with Crippen LogP contribution < -0.4 is 4.90 Å². The van der Waals surface area contributed by atoms with Crippen molar-refractivity contribution in [3.63, 3.8) is 0 Å². The summed E-state index contributed by atoms with van der Waals surface area (Å²) in [4.78, 5) is 15.7. The first-order chi connectivity index (χ1) is 8.63. The number of hydrogen-bond acceptors (Lipinski definition) is 3. The van der Waals surface area contributed by atoms with Crippen molar-refractivity contribution in [2.75, 3.05) is 31.6 Å². The first-order valence-electron chi connectivity index (χ1n) is 6.39. The first kappa shape index (κ1) is 12.9. The van der Waals surface area contributed by atoms with Crippen LogP contribution in [-0.2, 0) is 4.79 Å². The monoisotopic (exact) mass is 248 g/mol. The number of hydrogen-bond donors (Lipinski definition) is 1. The Morgan fingerprint density at radius 3 is 2.94 bits per heavy atom. The number of likely N-dealkylation sites (N-methyl/N-ethyl adjacent to an activating group) is 1. The van der Waals surface area contributed by atoms with Crippen molar-refractivity contribution in [2.24, 2.45) is 0 Å². The number of rotatable bonds is 3. The second-order valence-electron chi connectivity index (χ2n) is 4.69. The largest absolute Gasteiger partial charge is 0.388 e. The smallest absolute Gasteiger partial charge is 0.241 e. The Balaban J connectivity index is 2.16.